The summed E-state index contributed by atoms with van der Waals surface area (Å²) in [5, 5.41) is 11.0. The van der Waals surface area contributed by atoms with E-state index in [2.05, 4.69) is 4.99 Å². The van der Waals surface area contributed by atoms with Crippen molar-refractivity contribution in [3.63, 3.8) is 0 Å². The van der Waals surface area contributed by atoms with Gasteiger partial charge in [-0.15, -0.1) is 0 Å². The molecule has 0 unspecified atom stereocenters. The fourth-order valence-corrected chi connectivity index (χ4v) is 2.65. The van der Waals surface area contributed by atoms with Gasteiger partial charge in [-0.25, -0.2) is 9.79 Å². The Hall–Kier alpha value is -3.42. The smallest absolute Gasteiger partial charge is 0.335 e. The summed E-state index contributed by atoms with van der Waals surface area (Å²) < 4.78 is 15.8. The Morgan fingerprint density at radius 2 is 1.92 bits per heavy atom. The van der Waals surface area contributed by atoms with Crippen LogP contribution in [-0.2, 0) is 14.3 Å². The number of nitrogens with zero attached hydrogens (tertiary/aromatic N) is 2. The van der Waals surface area contributed by atoms with Crippen LogP contribution in [0, 0.1) is 10.1 Å². The molecule has 2 atom stereocenters. The van der Waals surface area contributed by atoms with Crippen molar-refractivity contribution in [2.75, 3.05) is 14.2 Å². The summed E-state index contributed by atoms with van der Waals surface area (Å²) in [5.74, 6) is 0.358. The van der Waals surface area contributed by atoms with Gasteiger partial charge in [0.25, 0.3) is 5.69 Å². The predicted octanol–water partition coefficient (Wildman–Crippen LogP) is 2.66. The highest BCUT2D eigenvalue weighted by Gasteiger charge is 2.39. The number of hydrogen-bond donors (Lipinski definition) is 0. The highest BCUT2D eigenvalue weighted by Crippen LogP contribution is 2.33. The van der Waals surface area contributed by atoms with Crippen LogP contribution in [0.15, 0.2) is 53.5 Å². The maximum Gasteiger partial charge on any atom is 0.335 e. The highest BCUT2D eigenvalue weighted by molar-refractivity contribution is 5.98. The van der Waals surface area contributed by atoms with E-state index in [9.17, 15) is 14.9 Å². The van der Waals surface area contributed by atoms with Crippen LogP contribution < -0.4 is 4.74 Å². The molecule has 1 heterocycles. The number of carbonyl (C=O) groups is 1. The molecule has 0 saturated carbocycles. The lowest BCUT2D eigenvalue weighted by atomic mass is 10.0. The van der Waals surface area contributed by atoms with Crippen molar-refractivity contribution < 1.29 is 23.9 Å². The normalized spacial score (nSPS) is 18.6. The number of nitro benzene ring substituents is 1. The van der Waals surface area contributed by atoms with Gasteiger partial charge in [0, 0.05) is 23.3 Å². The second kappa shape index (κ2) is 7.22. The van der Waals surface area contributed by atoms with Crippen LogP contribution in [0.4, 0.5) is 5.69 Å². The fraction of sp³-hybridized carbons (Fsp3) is 0.222. The van der Waals surface area contributed by atoms with Crippen LogP contribution in [-0.4, -0.2) is 37.1 Å². The quantitative estimate of drug-likeness (QED) is 0.464. The maximum absolute atomic E-state index is 12.1. The minimum absolute atomic E-state index is 0.0902. The molecular weight excluding hydrogens is 340 g/mol. The summed E-state index contributed by atoms with van der Waals surface area (Å²) in [6.07, 6.45) is -0.806. The molecule has 1 aliphatic heterocycles. The van der Waals surface area contributed by atoms with Gasteiger partial charge in [0.15, 0.2) is 12.1 Å². The van der Waals surface area contributed by atoms with Gasteiger partial charge in [-0.3, -0.25) is 10.1 Å². The Morgan fingerprint density at radius 3 is 2.54 bits per heavy atom. The number of methoxy groups -OCH3 is 2. The van der Waals surface area contributed by atoms with Gasteiger partial charge in [-0.1, -0.05) is 12.1 Å². The topological polar surface area (TPSA) is 100 Å². The lowest BCUT2D eigenvalue weighted by molar-refractivity contribution is -0.385. The molecule has 0 radical (unpaired) electrons. The lowest BCUT2D eigenvalue weighted by Gasteiger charge is -2.16. The molecule has 0 N–H and O–H groups in total. The predicted molar refractivity (Wildman–Crippen MR) is 92.3 cm³/mol. The molecule has 26 heavy (non-hydrogen) atoms. The molecule has 8 heteroatoms. The van der Waals surface area contributed by atoms with Crippen LogP contribution in [0.2, 0.25) is 0 Å². The number of aliphatic imine (C=N–C) groups is 1. The molecule has 2 aromatic carbocycles. The van der Waals surface area contributed by atoms with E-state index in [-0.39, 0.29) is 11.6 Å². The number of esters is 1. The number of rotatable bonds is 5. The van der Waals surface area contributed by atoms with Gasteiger partial charge >= 0.3 is 5.97 Å². The van der Waals surface area contributed by atoms with Crippen LogP contribution in [0.1, 0.15) is 17.2 Å². The highest BCUT2D eigenvalue weighted by atomic mass is 16.6. The number of carbonyl (C=O) groups excluding carboxylic acids is 1. The Labute approximate surface area is 149 Å². The molecule has 0 aliphatic carbocycles. The number of ether oxygens (including phenoxy) is 3. The molecule has 3 rings (SSSR count). The standard InChI is InChI=1S/C18H16N2O6/c1-24-14-8-6-11(7-9-14)17-19-15(18(21)25-2)16(26-17)12-4-3-5-13(10-12)20(22)23/h3-10,15-16H,1-2H3/t15-,16+/m1/s1. The summed E-state index contributed by atoms with van der Waals surface area (Å²) in [5.41, 5.74) is 1.04. The van der Waals surface area contributed by atoms with Crippen LogP contribution in [0.25, 0.3) is 0 Å². The van der Waals surface area contributed by atoms with Crippen molar-refractivity contribution in [2.45, 2.75) is 12.1 Å². The van der Waals surface area contributed by atoms with Crippen molar-refractivity contribution in [2.24, 2.45) is 4.99 Å². The van der Waals surface area contributed by atoms with Gasteiger partial charge in [0.2, 0.25) is 5.90 Å². The molecule has 0 aromatic heterocycles. The second-order valence-electron chi connectivity index (χ2n) is 5.52. The zero-order valence-corrected chi connectivity index (χ0v) is 14.1. The third kappa shape index (κ3) is 3.34. The van der Waals surface area contributed by atoms with Crippen LogP contribution in [0.3, 0.4) is 0 Å². The van der Waals surface area contributed by atoms with E-state index in [1.807, 2.05) is 0 Å². The zero-order valence-electron chi connectivity index (χ0n) is 14.1. The molecule has 0 spiro atoms. The summed E-state index contributed by atoms with van der Waals surface area (Å²) in [7, 11) is 2.82. The van der Waals surface area contributed by atoms with E-state index in [4.69, 9.17) is 14.2 Å². The first-order valence-corrected chi connectivity index (χ1v) is 7.74. The molecule has 0 bridgehead atoms. The summed E-state index contributed by atoms with van der Waals surface area (Å²) in [6, 6.07) is 12.0. The van der Waals surface area contributed by atoms with Gasteiger partial charge in [-0.05, 0) is 24.3 Å². The molecule has 0 fully saturated rings. The average Bonchev–Trinajstić information content (AvgIpc) is 3.13. The second-order valence-corrected chi connectivity index (χ2v) is 5.52. The van der Waals surface area contributed by atoms with E-state index < -0.39 is 23.0 Å². The fourth-order valence-electron chi connectivity index (χ4n) is 2.65. The summed E-state index contributed by atoms with van der Waals surface area (Å²) in [6.45, 7) is 0. The van der Waals surface area contributed by atoms with Crippen molar-refractivity contribution in [3.8, 4) is 5.75 Å². The van der Waals surface area contributed by atoms with Gasteiger partial charge in [0.1, 0.15) is 5.75 Å². The minimum Gasteiger partial charge on any atom is -0.497 e. The Balaban J connectivity index is 1.94. The molecule has 8 nitrogen and oxygen atoms in total. The molecule has 2 aromatic rings. The Morgan fingerprint density at radius 1 is 1.19 bits per heavy atom. The summed E-state index contributed by atoms with van der Waals surface area (Å²) in [4.78, 5) is 27.0. The maximum atomic E-state index is 12.1. The van der Waals surface area contributed by atoms with Gasteiger partial charge < -0.3 is 14.2 Å². The third-order valence-corrected chi connectivity index (χ3v) is 3.97. The third-order valence-electron chi connectivity index (χ3n) is 3.97. The largest absolute Gasteiger partial charge is 0.497 e. The minimum atomic E-state index is -0.945. The average molecular weight is 356 g/mol. The Bertz CT molecular complexity index is 862. The first kappa shape index (κ1) is 17.4. The molecule has 134 valence electrons. The lowest BCUT2D eigenvalue weighted by Crippen LogP contribution is -2.25. The van der Waals surface area contributed by atoms with Crippen LogP contribution >= 0.6 is 0 Å². The van der Waals surface area contributed by atoms with E-state index >= 15 is 0 Å². The molecular formula is C18H16N2O6. The van der Waals surface area contributed by atoms with Crippen molar-refractivity contribution in [1.29, 1.82) is 0 Å². The van der Waals surface area contributed by atoms with Crippen molar-refractivity contribution in [3.05, 3.63) is 69.8 Å². The van der Waals surface area contributed by atoms with Crippen molar-refractivity contribution in [1.82, 2.24) is 0 Å². The molecule has 0 amide bonds. The monoisotopic (exact) mass is 356 g/mol. The Kier molecular flexibility index (Phi) is 4.83. The van der Waals surface area contributed by atoms with E-state index in [1.165, 1.54) is 25.3 Å². The first-order chi connectivity index (χ1) is 12.5. The van der Waals surface area contributed by atoms with E-state index in [1.54, 1.807) is 37.4 Å². The van der Waals surface area contributed by atoms with Crippen molar-refractivity contribution >= 4 is 17.6 Å². The SMILES string of the molecule is COC(=O)[C@@H]1N=C(c2ccc(OC)cc2)O[C@H]1c1cccc([N+](=O)[O-])c1. The number of non-ortho nitro benzene ring substituents is 1. The molecule has 0 saturated heterocycles. The zero-order chi connectivity index (χ0) is 18.7. The van der Waals surface area contributed by atoms with E-state index in [0.717, 1.165) is 0 Å². The van der Waals surface area contributed by atoms with Crippen LogP contribution in [0.5, 0.6) is 5.75 Å². The number of nitro groups is 1. The van der Waals surface area contributed by atoms with E-state index in [0.29, 0.717) is 16.9 Å². The summed E-state index contributed by atoms with van der Waals surface area (Å²) >= 11 is 0. The number of benzene rings is 2. The van der Waals surface area contributed by atoms with Gasteiger partial charge in [-0.2, -0.15) is 0 Å². The van der Waals surface area contributed by atoms with Gasteiger partial charge in [0.05, 0.1) is 19.1 Å². The molecule has 1 aliphatic rings. The first-order valence-electron chi connectivity index (χ1n) is 7.74. The number of hydrogen-bond acceptors (Lipinski definition) is 7.